The van der Waals surface area contributed by atoms with Gasteiger partial charge in [-0.3, -0.25) is 4.79 Å². The lowest BCUT2D eigenvalue weighted by molar-refractivity contribution is 0.0685. The Kier molecular flexibility index (Phi) is 4.79. The highest BCUT2D eigenvalue weighted by Crippen LogP contribution is 2.33. The Morgan fingerprint density at radius 2 is 1.63 bits per heavy atom. The SMILES string of the molecule is COc1ccc(CCN2C(=O)c3ccccc3N[C@H]2c2ccccc2)cc1. The van der Waals surface area contributed by atoms with E-state index in [0.29, 0.717) is 6.54 Å². The lowest BCUT2D eigenvalue weighted by atomic mass is 10.0. The Hall–Kier alpha value is -3.27. The lowest BCUT2D eigenvalue weighted by Crippen LogP contribution is -2.43. The van der Waals surface area contributed by atoms with Crippen LogP contribution in [0.4, 0.5) is 5.69 Å². The number of hydrogen-bond acceptors (Lipinski definition) is 3. The van der Waals surface area contributed by atoms with Crippen molar-refractivity contribution in [1.82, 2.24) is 4.90 Å². The lowest BCUT2D eigenvalue weighted by Gasteiger charge is -2.38. The van der Waals surface area contributed by atoms with E-state index in [4.69, 9.17) is 4.74 Å². The minimum atomic E-state index is -0.174. The largest absolute Gasteiger partial charge is 0.497 e. The van der Waals surface area contributed by atoms with Crippen molar-refractivity contribution in [2.45, 2.75) is 12.6 Å². The second kappa shape index (κ2) is 7.54. The van der Waals surface area contributed by atoms with Crippen LogP contribution in [0, 0.1) is 0 Å². The van der Waals surface area contributed by atoms with Gasteiger partial charge in [0.05, 0.1) is 12.7 Å². The first-order valence-corrected chi connectivity index (χ1v) is 9.10. The Bertz CT molecular complexity index is 923. The molecule has 1 N–H and O–H groups in total. The number of rotatable bonds is 5. The molecule has 1 atom stereocenters. The van der Waals surface area contributed by atoms with Gasteiger partial charge >= 0.3 is 0 Å². The molecule has 0 aromatic heterocycles. The van der Waals surface area contributed by atoms with E-state index in [1.165, 1.54) is 5.56 Å². The van der Waals surface area contributed by atoms with Crippen LogP contribution < -0.4 is 10.1 Å². The van der Waals surface area contributed by atoms with Crippen LogP contribution in [-0.2, 0) is 6.42 Å². The van der Waals surface area contributed by atoms with Gasteiger partial charge in [0.2, 0.25) is 0 Å². The number of nitrogens with one attached hydrogen (secondary N) is 1. The molecule has 4 rings (SSSR count). The Balaban J connectivity index is 1.61. The molecule has 0 radical (unpaired) electrons. The van der Waals surface area contributed by atoms with Crippen molar-refractivity contribution in [3.8, 4) is 5.75 Å². The van der Waals surface area contributed by atoms with Crippen molar-refractivity contribution >= 4 is 11.6 Å². The topological polar surface area (TPSA) is 41.6 Å². The summed E-state index contributed by atoms with van der Waals surface area (Å²) in [6.07, 6.45) is 0.606. The van der Waals surface area contributed by atoms with Crippen molar-refractivity contribution in [3.63, 3.8) is 0 Å². The Morgan fingerprint density at radius 3 is 2.37 bits per heavy atom. The second-order valence-electron chi connectivity index (χ2n) is 6.60. The second-order valence-corrected chi connectivity index (χ2v) is 6.60. The third-order valence-corrected chi connectivity index (χ3v) is 4.94. The van der Waals surface area contributed by atoms with Crippen LogP contribution in [0.3, 0.4) is 0 Å². The van der Waals surface area contributed by atoms with E-state index in [0.717, 1.165) is 29.0 Å². The van der Waals surface area contributed by atoms with Crippen molar-refractivity contribution in [2.24, 2.45) is 0 Å². The predicted octanol–water partition coefficient (Wildman–Crippen LogP) is 4.50. The number of amides is 1. The fourth-order valence-corrected chi connectivity index (χ4v) is 3.46. The van der Waals surface area contributed by atoms with E-state index >= 15 is 0 Å². The summed E-state index contributed by atoms with van der Waals surface area (Å²) in [5.74, 6) is 0.900. The number of para-hydroxylation sites is 1. The summed E-state index contributed by atoms with van der Waals surface area (Å²) in [7, 11) is 1.66. The molecule has 0 saturated heterocycles. The average molecular weight is 358 g/mol. The van der Waals surface area contributed by atoms with Gasteiger partial charge in [0, 0.05) is 12.2 Å². The minimum absolute atomic E-state index is 0.0618. The first-order chi connectivity index (χ1) is 13.3. The first kappa shape index (κ1) is 17.2. The summed E-state index contributed by atoms with van der Waals surface area (Å²) >= 11 is 0. The third kappa shape index (κ3) is 3.51. The highest BCUT2D eigenvalue weighted by atomic mass is 16.5. The molecule has 4 nitrogen and oxygen atoms in total. The summed E-state index contributed by atoms with van der Waals surface area (Å²) < 4.78 is 5.22. The van der Waals surface area contributed by atoms with Crippen LogP contribution in [0.25, 0.3) is 0 Å². The molecule has 1 aliphatic heterocycles. The molecule has 3 aromatic carbocycles. The summed E-state index contributed by atoms with van der Waals surface area (Å²) in [4.78, 5) is 15.1. The van der Waals surface area contributed by atoms with Crippen LogP contribution in [0.5, 0.6) is 5.75 Å². The van der Waals surface area contributed by atoms with Gasteiger partial charge in [-0.05, 0) is 41.8 Å². The van der Waals surface area contributed by atoms with Gasteiger partial charge in [0.15, 0.2) is 0 Å². The molecule has 0 spiro atoms. The zero-order valence-electron chi connectivity index (χ0n) is 15.3. The molecule has 136 valence electrons. The minimum Gasteiger partial charge on any atom is -0.497 e. The summed E-state index contributed by atoms with van der Waals surface area (Å²) in [6, 6.07) is 25.8. The van der Waals surface area contributed by atoms with Gasteiger partial charge in [-0.2, -0.15) is 0 Å². The maximum atomic E-state index is 13.2. The predicted molar refractivity (Wildman–Crippen MR) is 107 cm³/mol. The molecule has 0 bridgehead atoms. The number of ether oxygens (including phenoxy) is 1. The van der Waals surface area contributed by atoms with Gasteiger partial charge in [0.25, 0.3) is 5.91 Å². The molecule has 0 aliphatic carbocycles. The maximum absolute atomic E-state index is 13.2. The maximum Gasteiger partial charge on any atom is 0.257 e. The number of anilines is 1. The molecule has 1 heterocycles. The Morgan fingerprint density at radius 1 is 0.926 bits per heavy atom. The highest BCUT2D eigenvalue weighted by Gasteiger charge is 2.32. The van der Waals surface area contributed by atoms with Crippen LogP contribution in [0.2, 0.25) is 0 Å². The van der Waals surface area contributed by atoms with E-state index < -0.39 is 0 Å². The smallest absolute Gasteiger partial charge is 0.257 e. The van der Waals surface area contributed by atoms with Crippen LogP contribution in [-0.4, -0.2) is 24.5 Å². The molecule has 0 saturated carbocycles. The van der Waals surface area contributed by atoms with Crippen molar-refractivity contribution in [1.29, 1.82) is 0 Å². The normalized spacial score (nSPS) is 15.8. The Labute approximate surface area is 159 Å². The fraction of sp³-hybridized carbons (Fsp3) is 0.174. The summed E-state index contributed by atoms with van der Waals surface area (Å²) in [6.45, 7) is 0.631. The highest BCUT2D eigenvalue weighted by molar-refractivity contribution is 6.01. The number of fused-ring (bicyclic) bond motifs is 1. The van der Waals surface area contributed by atoms with Gasteiger partial charge in [0.1, 0.15) is 11.9 Å². The number of methoxy groups -OCH3 is 1. The monoisotopic (exact) mass is 358 g/mol. The molecule has 3 aromatic rings. The molecule has 27 heavy (non-hydrogen) atoms. The quantitative estimate of drug-likeness (QED) is 0.730. The number of benzene rings is 3. The zero-order chi connectivity index (χ0) is 18.6. The average Bonchev–Trinajstić information content (AvgIpc) is 2.74. The summed E-state index contributed by atoms with van der Waals surface area (Å²) in [5.41, 5.74) is 3.86. The van der Waals surface area contributed by atoms with Gasteiger partial charge < -0.3 is 15.0 Å². The first-order valence-electron chi connectivity index (χ1n) is 9.10. The van der Waals surface area contributed by atoms with E-state index in [9.17, 15) is 4.79 Å². The van der Waals surface area contributed by atoms with Gasteiger partial charge in [-0.1, -0.05) is 54.6 Å². The van der Waals surface area contributed by atoms with Crippen LogP contribution >= 0.6 is 0 Å². The zero-order valence-corrected chi connectivity index (χ0v) is 15.3. The van der Waals surface area contributed by atoms with Gasteiger partial charge in [-0.15, -0.1) is 0 Å². The molecule has 1 amide bonds. The molecule has 0 unspecified atom stereocenters. The number of carbonyl (C=O) groups excluding carboxylic acids is 1. The molecule has 1 aliphatic rings. The fourth-order valence-electron chi connectivity index (χ4n) is 3.46. The molecular weight excluding hydrogens is 336 g/mol. The van der Waals surface area contributed by atoms with Crippen LogP contribution in [0.15, 0.2) is 78.9 Å². The number of carbonyl (C=O) groups is 1. The van der Waals surface area contributed by atoms with E-state index in [1.54, 1.807) is 7.11 Å². The molecule has 4 heteroatoms. The standard InChI is InChI=1S/C23H22N2O2/c1-27-19-13-11-17(12-14-19)15-16-25-22(18-7-3-2-4-8-18)24-21-10-6-5-9-20(21)23(25)26/h2-14,22,24H,15-16H2,1H3/t22-/m1/s1. The number of nitrogens with zero attached hydrogens (tertiary/aromatic N) is 1. The summed E-state index contributed by atoms with van der Waals surface area (Å²) in [5, 5.41) is 3.53. The molecule has 0 fully saturated rings. The van der Waals surface area contributed by atoms with Crippen molar-refractivity contribution in [2.75, 3.05) is 19.0 Å². The van der Waals surface area contributed by atoms with E-state index in [-0.39, 0.29) is 12.1 Å². The van der Waals surface area contributed by atoms with Crippen molar-refractivity contribution in [3.05, 3.63) is 95.6 Å². The molecular formula is C23H22N2O2. The third-order valence-electron chi connectivity index (χ3n) is 4.94. The number of hydrogen-bond donors (Lipinski definition) is 1. The van der Waals surface area contributed by atoms with E-state index in [1.807, 2.05) is 71.6 Å². The van der Waals surface area contributed by atoms with Crippen molar-refractivity contribution < 1.29 is 9.53 Å². The van der Waals surface area contributed by atoms with Crippen LogP contribution in [0.1, 0.15) is 27.7 Å². The van der Waals surface area contributed by atoms with E-state index in [2.05, 4.69) is 17.4 Å². The van der Waals surface area contributed by atoms with Gasteiger partial charge in [-0.25, -0.2) is 0 Å².